The van der Waals surface area contributed by atoms with Gasteiger partial charge in [0.15, 0.2) is 0 Å². The zero-order valence-corrected chi connectivity index (χ0v) is 12.0. The van der Waals surface area contributed by atoms with Crippen LogP contribution in [0.1, 0.15) is 18.9 Å². The Morgan fingerprint density at radius 2 is 2.16 bits per heavy atom. The largest absolute Gasteiger partial charge is 0.313 e. The van der Waals surface area contributed by atoms with Gasteiger partial charge >= 0.3 is 0 Å². The normalized spacial score (nSPS) is 12.5. The molecule has 1 aromatic carbocycles. The Morgan fingerprint density at radius 1 is 1.32 bits per heavy atom. The molecular weight excluding hydrogens is 256 g/mol. The van der Waals surface area contributed by atoms with E-state index >= 15 is 0 Å². The van der Waals surface area contributed by atoms with Gasteiger partial charge in [-0.05, 0) is 25.3 Å². The highest BCUT2D eigenvalue weighted by molar-refractivity contribution is 7.99. The second-order valence-electron chi connectivity index (χ2n) is 4.54. The molecule has 0 saturated carbocycles. The molecule has 2 aromatic rings. The maximum absolute atomic E-state index is 4.01. The van der Waals surface area contributed by atoms with Crippen LogP contribution in [-0.4, -0.2) is 33.8 Å². The number of rotatable bonds is 8. The summed E-state index contributed by atoms with van der Waals surface area (Å²) in [5, 5.41) is 14.9. The van der Waals surface area contributed by atoms with Gasteiger partial charge in [0.2, 0.25) is 0 Å². The van der Waals surface area contributed by atoms with Crippen molar-refractivity contribution in [2.24, 2.45) is 0 Å². The van der Waals surface area contributed by atoms with Gasteiger partial charge in [-0.1, -0.05) is 30.3 Å². The van der Waals surface area contributed by atoms with Gasteiger partial charge in [0.05, 0.1) is 6.20 Å². The number of aromatic amines is 1. The maximum atomic E-state index is 4.01. The summed E-state index contributed by atoms with van der Waals surface area (Å²) >= 11 is 1.72. The van der Waals surface area contributed by atoms with Gasteiger partial charge in [-0.25, -0.2) is 0 Å². The van der Waals surface area contributed by atoms with Crippen molar-refractivity contribution in [1.82, 2.24) is 20.7 Å². The Balaban J connectivity index is 1.56. The Bertz CT molecular complexity index is 444. The zero-order chi connectivity index (χ0) is 13.3. The van der Waals surface area contributed by atoms with Crippen LogP contribution in [0.2, 0.25) is 0 Å². The summed E-state index contributed by atoms with van der Waals surface area (Å²) in [6.07, 6.45) is 4.05. The molecule has 19 heavy (non-hydrogen) atoms. The van der Waals surface area contributed by atoms with E-state index in [1.807, 2.05) is 0 Å². The van der Waals surface area contributed by atoms with E-state index in [2.05, 4.69) is 58.0 Å². The zero-order valence-electron chi connectivity index (χ0n) is 11.2. The molecule has 0 bridgehead atoms. The third-order valence-electron chi connectivity index (χ3n) is 2.95. The van der Waals surface area contributed by atoms with Crippen LogP contribution in [-0.2, 0) is 6.42 Å². The first-order valence-electron chi connectivity index (χ1n) is 6.60. The first-order valence-corrected chi connectivity index (χ1v) is 7.59. The second kappa shape index (κ2) is 7.96. The van der Waals surface area contributed by atoms with Crippen molar-refractivity contribution in [2.75, 3.05) is 12.3 Å². The molecule has 4 nitrogen and oxygen atoms in total. The monoisotopic (exact) mass is 276 g/mol. The summed E-state index contributed by atoms with van der Waals surface area (Å²) in [6, 6.07) is 11.2. The average Bonchev–Trinajstić information content (AvgIpc) is 2.96. The maximum Gasteiger partial charge on any atom is 0.138 e. The summed E-state index contributed by atoms with van der Waals surface area (Å²) < 4.78 is 0. The van der Waals surface area contributed by atoms with Crippen molar-refractivity contribution in [2.45, 2.75) is 30.8 Å². The van der Waals surface area contributed by atoms with Crippen LogP contribution in [0.5, 0.6) is 0 Å². The fourth-order valence-corrected chi connectivity index (χ4v) is 2.51. The molecule has 1 aromatic heterocycles. The fraction of sp³-hybridized carbons (Fsp3) is 0.429. The smallest absolute Gasteiger partial charge is 0.138 e. The van der Waals surface area contributed by atoms with E-state index in [1.54, 1.807) is 18.0 Å². The predicted octanol–water partition coefficient (Wildman–Crippen LogP) is 2.51. The number of nitrogens with one attached hydrogen (secondary N) is 2. The molecular formula is C14H20N4S. The van der Waals surface area contributed by atoms with Gasteiger partial charge in [-0.15, -0.1) is 16.9 Å². The van der Waals surface area contributed by atoms with Gasteiger partial charge in [0, 0.05) is 18.3 Å². The molecule has 0 saturated heterocycles. The van der Waals surface area contributed by atoms with Crippen LogP contribution in [0.4, 0.5) is 0 Å². The molecule has 0 fully saturated rings. The van der Waals surface area contributed by atoms with Crippen molar-refractivity contribution in [3.63, 3.8) is 0 Å². The summed E-state index contributed by atoms with van der Waals surface area (Å²) in [7, 11) is 0. The summed E-state index contributed by atoms with van der Waals surface area (Å²) in [4.78, 5) is 0. The number of thioether (sulfide) groups is 1. The SMILES string of the molecule is C[C@H](CCc1ccccc1)NCCSc1cn[nH]n1. The van der Waals surface area contributed by atoms with Crippen LogP contribution in [0.25, 0.3) is 0 Å². The third-order valence-corrected chi connectivity index (χ3v) is 3.85. The molecule has 5 heteroatoms. The molecule has 2 rings (SSSR count). The van der Waals surface area contributed by atoms with Gasteiger partial charge in [0.1, 0.15) is 5.03 Å². The molecule has 1 atom stereocenters. The number of H-pyrrole nitrogens is 1. The lowest BCUT2D eigenvalue weighted by Gasteiger charge is -2.13. The molecule has 0 aliphatic carbocycles. The van der Waals surface area contributed by atoms with E-state index in [0.717, 1.165) is 23.7 Å². The number of aryl methyl sites for hydroxylation is 1. The Labute approximate surface area is 118 Å². The molecule has 2 N–H and O–H groups in total. The van der Waals surface area contributed by atoms with Gasteiger partial charge in [-0.2, -0.15) is 10.3 Å². The lowest BCUT2D eigenvalue weighted by molar-refractivity contribution is 0.532. The lowest BCUT2D eigenvalue weighted by Crippen LogP contribution is -2.28. The summed E-state index contributed by atoms with van der Waals surface area (Å²) in [5.41, 5.74) is 1.41. The van der Waals surface area contributed by atoms with Crippen LogP contribution >= 0.6 is 11.8 Å². The molecule has 0 aliphatic heterocycles. The second-order valence-corrected chi connectivity index (χ2v) is 5.65. The van der Waals surface area contributed by atoms with Crippen molar-refractivity contribution < 1.29 is 0 Å². The van der Waals surface area contributed by atoms with Gasteiger partial charge in [-0.3, -0.25) is 0 Å². The third kappa shape index (κ3) is 5.44. The standard InChI is InChI=1S/C14H20N4S/c1-12(7-8-13-5-3-2-4-6-13)15-9-10-19-14-11-16-18-17-14/h2-6,11-12,15H,7-10H2,1H3,(H,16,17,18)/t12-/m1/s1. The average molecular weight is 276 g/mol. The molecule has 0 aliphatic rings. The van der Waals surface area contributed by atoms with Gasteiger partial charge in [0.25, 0.3) is 0 Å². The summed E-state index contributed by atoms with van der Waals surface area (Å²) in [5.74, 6) is 1.02. The highest BCUT2D eigenvalue weighted by Crippen LogP contribution is 2.11. The van der Waals surface area contributed by atoms with Crippen LogP contribution < -0.4 is 5.32 Å². The quantitative estimate of drug-likeness (QED) is 0.574. The molecule has 102 valence electrons. The number of hydrogen-bond donors (Lipinski definition) is 2. The van der Waals surface area contributed by atoms with E-state index in [-0.39, 0.29) is 0 Å². The van der Waals surface area contributed by atoms with E-state index in [4.69, 9.17) is 0 Å². The van der Waals surface area contributed by atoms with Crippen molar-refractivity contribution in [1.29, 1.82) is 0 Å². The number of hydrogen-bond acceptors (Lipinski definition) is 4. The topological polar surface area (TPSA) is 53.6 Å². The van der Waals surface area contributed by atoms with Crippen molar-refractivity contribution >= 4 is 11.8 Å². The molecule has 0 amide bonds. The fourth-order valence-electron chi connectivity index (χ4n) is 1.85. The molecule has 0 spiro atoms. The minimum absolute atomic E-state index is 0.540. The highest BCUT2D eigenvalue weighted by Gasteiger charge is 2.02. The molecule has 1 heterocycles. The number of aromatic nitrogens is 3. The van der Waals surface area contributed by atoms with E-state index in [0.29, 0.717) is 6.04 Å². The minimum Gasteiger partial charge on any atom is -0.313 e. The molecule has 0 radical (unpaired) electrons. The first-order chi connectivity index (χ1) is 9.34. The van der Waals surface area contributed by atoms with Crippen LogP contribution in [0.15, 0.2) is 41.6 Å². The van der Waals surface area contributed by atoms with Crippen LogP contribution in [0.3, 0.4) is 0 Å². The highest BCUT2D eigenvalue weighted by atomic mass is 32.2. The minimum atomic E-state index is 0.540. The van der Waals surface area contributed by atoms with Gasteiger partial charge < -0.3 is 5.32 Å². The van der Waals surface area contributed by atoms with Crippen molar-refractivity contribution in [3.8, 4) is 0 Å². The lowest BCUT2D eigenvalue weighted by atomic mass is 10.1. The Morgan fingerprint density at radius 3 is 2.89 bits per heavy atom. The number of nitrogens with zero attached hydrogens (tertiary/aromatic N) is 2. The van der Waals surface area contributed by atoms with E-state index in [9.17, 15) is 0 Å². The van der Waals surface area contributed by atoms with Crippen LogP contribution in [0, 0.1) is 0 Å². The summed E-state index contributed by atoms with van der Waals surface area (Å²) in [6.45, 7) is 3.23. The Kier molecular flexibility index (Phi) is 5.91. The molecule has 0 unspecified atom stereocenters. The van der Waals surface area contributed by atoms with Crippen molar-refractivity contribution in [3.05, 3.63) is 42.1 Å². The van der Waals surface area contributed by atoms with E-state index < -0.39 is 0 Å². The predicted molar refractivity (Wildman–Crippen MR) is 79.3 cm³/mol. The van der Waals surface area contributed by atoms with E-state index in [1.165, 1.54) is 12.0 Å². The Hall–Kier alpha value is -1.33. The first kappa shape index (κ1) is 14.1. The number of benzene rings is 1.